The molecule has 7 atom stereocenters. The summed E-state index contributed by atoms with van der Waals surface area (Å²) in [7, 11) is 1.88. The van der Waals surface area contributed by atoms with Gasteiger partial charge in [-0.15, -0.1) is 11.8 Å². The molecule has 3 amide bonds. The standard InChI is InChI=1S/C22H31F2N5O5S/c1-9-15-14(10(2)27-19(30)18(23)24)21(32)29(15)16(22(33)34)17(9)35-12-6-13(26-7-12)20(31)28-5-4-11(8-28)25-3/h9-15,18,25-26H,4-8H2,1-3H3,(H,27,30)(H,33,34)/t9-,10?,11+,12+,13+,14-,15-/m1/s1. The van der Waals surface area contributed by atoms with E-state index in [1.165, 1.54) is 23.6 Å². The van der Waals surface area contributed by atoms with E-state index in [1.54, 1.807) is 0 Å². The fourth-order valence-corrected chi connectivity index (χ4v) is 7.13. The largest absolute Gasteiger partial charge is 0.477 e. The lowest BCUT2D eigenvalue weighted by Gasteiger charge is -2.47. The monoisotopic (exact) mass is 515 g/mol. The number of likely N-dealkylation sites (N-methyl/N-ethyl adjacent to an activating group) is 1. The molecule has 1 unspecified atom stereocenters. The number of carboxylic acids is 1. The van der Waals surface area contributed by atoms with Gasteiger partial charge >= 0.3 is 12.4 Å². The van der Waals surface area contributed by atoms with Crippen LogP contribution in [0.15, 0.2) is 10.6 Å². The number of hydrogen-bond donors (Lipinski definition) is 4. The number of likely N-dealkylation sites (tertiary alicyclic amines) is 1. The van der Waals surface area contributed by atoms with E-state index in [0.29, 0.717) is 31.0 Å². The second kappa shape index (κ2) is 10.0. The zero-order chi connectivity index (χ0) is 25.6. The average Bonchev–Trinajstić information content (AvgIpc) is 3.52. The van der Waals surface area contributed by atoms with Crippen LogP contribution in [0.1, 0.15) is 26.7 Å². The Hall–Kier alpha value is -2.25. The van der Waals surface area contributed by atoms with Gasteiger partial charge < -0.3 is 30.9 Å². The van der Waals surface area contributed by atoms with Crippen LogP contribution in [0.4, 0.5) is 8.78 Å². The number of halogens is 2. The molecule has 4 rings (SSSR count). The topological polar surface area (TPSA) is 131 Å². The number of hydrogen-bond acceptors (Lipinski definition) is 7. The van der Waals surface area contributed by atoms with Gasteiger partial charge in [0.25, 0.3) is 5.91 Å². The predicted octanol–water partition coefficient (Wildman–Crippen LogP) is -0.187. The Kier molecular flexibility index (Phi) is 7.39. The Morgan fingerprint density at radius 3 is 2.60 bits per heavy atom. The molecule has 4 heterocycles. The van der Waals surface area contributed by atoms with Crippen LogP contribution in [0.2, 0.25) is 0 Å². The minimum atomic E-state index is -3.20. The summed E-state index contributed by atoms with van der Waals surface area (Å²) in [5, 5.41) is 18.4. The third-order valence-electron chi connectivity index (χ3n) is 7.49. The van der Waals surface area contributed by atoms with E-state index < -0.39 is 42.2 Å². The maximum absolute atomic E-state index is 12.9. The minimum Gasteiger partial charge on any atom is -0.477 e. The Morgan fingerprint density at radius 1 is 1.29 bits per heavy atom. The van der Waals surface area contributed by atoms with Crippen molar-refractivity contribution in [3.63, 3.8) is 0 Å². The molecule has 10 nitrogen and oxygen atoms in total. The Morgan fingerprint density at radius 2 is 2.00 bits per heavy atom. The zero-order valence-electron chi connectivity index (χ0n) is 19.8. The van der Waals surface area contributed by atoms with Crippen molar-refractivity contribution in [3.05, 3.63) is 10.6 Å². The molecule has 0 bridgehead atoms. The number of amides is 3. The quantitative estimate of drug-likeness (QED) is 0.328. The lowest BCUT2D eigenvalue weighted by atomic mass is 9.78. The number of alkyl halides is 2. The normalized spacial score (nSPS) is 33.3. The number of nitrogens with one attached hydrogen (secondary N) is 3. The van der Waals surface area contributed by atoms with Gasteiger partial charge in [0, 0.05) is 47.8 Å². The van der Waals surface area contributed by atoms with E-state index in [1.807, 2.05) is 18.9 Å². The first-order valence-corrected chi connectivity index (χ1v) is 12.7. The highest BCUT2D eigenvalue weighted by atomic mass is 32.2. The molecule has 0 aliphatic carbocycles. The maximum atomic E-state index is 12.9. The molecule has 35 heavy (non-hydrogen) atoms. The van der Waals surface area contributed by atoms with Gasteiger partial charge in [0.15, 0.2) is 0 Å². The molecule has 3 saturated heterocycles. The van der Waals surface area contributed by atoms with Crippen molar-refractivity contribution >= 4 is 35.5 Å². The number of thioether (sulfide) groups is 1. The number of carbonyl (C=O) groups excluding carboxylic acids is 3. The second-order valence-corrected chi connectivity index (χ2v) is 11.0. The fourth-order valence-electron chi connectivity index (χ4n) is 5.65. The summed E-state index contributed by atoms with van der Waals surface area (Å²) < 4.78 is 25.3. The molecule has 4 aliphatic heterocycles. The van der Waals surface area contributed by atoms with Crippen LogP contribution in [0.25, 0.3) is 0 Å². The van der Waals surface area contributed by atoms with Crippen LogP contribution in [0.5, 0.6) is 0 Å². The lowest BCUT2D eigenvalue weighted by Crippen LogP contribution is -2.66. The molecule has 0 saturated carbocycles. The summed E-state index contributed by atoms with van der Waals surface area (Å²) in [6.07, 6.45) is -1.75. The number of nitrogens with zero attached hydrogens (tertiary/aromatic N) is 2. The van der Waals surface area contributed by atoms with Crippen molar-refractivity contribution in [2.75, 3.05) is 26.7 Å². The molecule has 0 aromatic heterocycles. The molecule has 0 spiro atoms. The fraction of sp³-hybridized carbons (Fsp3) is 0.727. The van der Waals surface area contributed by atoms with Crippen LogP contribution >= 0.6 is 11.8 Å². The van der Waals surface area contributed by atoms with Crippen LogP contribution in [0.3, 0.4) is 0 Å². The number of carbonyl (C=O) groups is 4. The van der Waals surface area contributed by atoms with Crippen molar-refractivity contribution in [1.29, 1.82) is 0 Å². The first-order chi connectivity index (χ1) is 16.5. The molecule has 0 aromatic rings. The summed E-state index contributed by atoms with van der Waals surface area (Å²) in [4.78, 5) is 52.9. The van der Waals surface area contributed by atoms with Crippen molar-refractivity contribution < 1.29 is 33.1 Å². The van der Waals surface area contributed by atoms with Gasteiger partial charge in [0.05, 0.1) is 18.0 Å². The number of aliphatic carboxylic acids is 1. The Labute approximate surface area is 206 Å². The summed E-state index contributed by atoms with van der Waals surface area (Å²) in [5.41, 5.74) is -0.0904. The van der Waals surface area contributed by atoms with Gasteiger partial charge in [-0.3, -0.25) is 14.4 Å². The van der Waals surface area contributed by atoms with Crippen LogP contribution in [-0.4, -0.2) is 101 Å². The summed E-state index contributed by atoms with van der Waals surface area (Å²) in [6, 6.07) is -1.44. The minimum absolute atomic E-state index is 0.0421. The van der Waals surface area contributed by atoms with Crippen LogP contribution in [-0.2, 0) is 19.2 Å². The third-order valence-corrected chi connectivity index (χ3v) is 9.00. The SMILES string of the molecule is CN[C@H]1CCN(C(=O)[C@@H]2C[C@H](SC3=C(C(=O)O)N4C(=O)[C@H](C(C)NC(=O)C(F)F)[C@H]4[C@H]3C)CN2)C1. The zero-order valence-corrected chi connectivity index (χ0v) is 20.6. The molecular weight excluding hydrogens is 484 g/mol. The summed E-state index contributed by atoms with van der Waals surface area (Å²) >= 11 is 1.36. The van der Waals surface area contributed by atoms with Crippen molar-refractivity contribution in [3.8, 4) is 0 Å². The van der Waals surface area contributed by atoms with Gasteiger partial charge in [-0.1, -0.05) is 6.92 Å². The molecular formula is C22H31F2N5O5S. The molecule has 3 fully saturated rings. The molecule has 194 valence electrons. The van der Waals surface area contributed by atoms with Gasteiger partial charge in [0.1, 0.15) is 5.70 Å². The third kappa shape index (κ3) is 4.65. The highest BCUT2D eigenvalue weighted by Crippen LogP contribution is 2.51. The molecule has 4 N–H and O–H groups in total. The van der Waals surface area contributed by atoms with E-state index in [-0.39, 0.29) is 34.9 Å². The number of β-lactam (4-membered cyclic amide) rings is 1. The van der Waals surface area contributed by atoms with E-state index in [4.69, 9.17) is 0 Å². The molecule has 13 heteroatoms. The first kappa shape index (κ1) is 25.8. The first-order valence-electron chi connectivity index (χ1n) is 11.8. The van der Waals surface area contributed by atoms with Crippen LogP contribution < -0.4 is 16.0 Å². The highest BCUT2D eigenvalue weighted by Gasteiger charge is 2.60. The Balaban J connectivity index is 1.43. The van der Waals surface area contributed by atoms with Gasteiger partial charge in [0.2, 0.25) is 11.8 Å². The van der Waals surface area contributed by atoms with E-state index in [9.17, 15) is 33.1 Å². The van der Waals surface area contributed by atoms with Crippen molar-refractivity contribution in [1.82, 2.24) is 25.8 Å². The average molecular weight is 516 g/mol. The number of rotatable bonds is 8. The number of fused-ring (bicyclic) bond motifs is 1. The van der Waals surface area contributed by atoms with E-state index >= 15 is 0 Å². The van der Waals surface area contributed by atoms with Crippen molar-refractivity contribution in [2.45, 2.75) is 62.5 Å². The molecule has 4 aliphatic rings. The second-order valence-electron chi connectivity index (χ2n) is 9.62. The lowest BCUT2D eigenvalue weighted by molar-refractivity contribution is -0.159. The summed E-state index contributed by atoms with van der Waals surface area (Å²) in [6.45, 7) is 5.18. The van der Waals surface area contributed by atoms with Gasteiger partial charge in [-0.2, -0.15) is 8.78 Å². The Bertz CT molecular complexity index is 949. The number of carboxylic acid groups (broad SMARTS) is 1. The summed E-state index contributed by atoms with van der Waals surface area (Å²) in [5.74, 6) is -4.27. The van der Waals surface area contributed by atoms with Crippen LogP contribution in [0, 0.1) is 11.8 Å². The van der Waals surface area contributed by atoms with E-state index in [2.05, 4.69) is 16.0 Å². The predicted molar refractivity (Wildman–Crippen MR) is 123 cm³/mol. The molecule has 0 aromatic carbocycles. The van der Waals surface area contributed by atoms with E-state index in [0.717, 1.165) is 6.42 Å². The maximum Gasteiger partial charge on any atom is 0.353 e. The van der Waals surface area contributed by atoms with Gasteiger partial charge in [-0.05, 0) is 26.8 Å². The van der Waals surface area contributed by atoms with Crippen molar-refractivity contribution in [2.24, 2.45) is 11.8 Å². The smallest absolute Gasteiger partial charge is 0.353 e. The highest BCUT2D eigenvalue weighted by molar-refractivity contribution is 8.03. The van der Waals surface area contributed by atoms with Gasteiger partial charge in [-0.25, -0.2) is 4.79 Å². The molecule has 0 radical (unpaired) electrons.